The summed E-state index contributed by atoms with van der Waals surface area (Å²) in [6.07, 6.45) is 3.70. The Hall–Kier alpha value is -2.20. The van der Waals surface area contributed by atoms with E-state index in [1.54, 1.807) is 13.8 Å². The van der Waals surface area contributed by atoms with E-state index in [2.05, 4.69) is 10.6 Å². The summed E-state index contributed by atoms with van der Waals surface area (Å²) < 4.78 is 0. The molecule has 0 aromatic carbocycles. The number of aliphatic carboxylic acids is 1. The van der Waals surface area contributed by atoms with Crippen molar-refractivity contribution in [3.8, 4) is 0 Å². The Morgan fingerprint density at radius 1 is 1.09 bits per heavy atom. The summed E-state index contributed by atoms with van der Waals surface area (Å²) in [5.74, 6) is -2.78. The normalized spacial score (nSPS) is 19.8. The SMILES string of the molecule is CCC(C)C(NC(=O)C(N)CCCCN)C(=O)N1CCCC1C(=O)NC(C(=O)O)C(C)C. The smallest absolute Gasteiger partial charge is 0.326 e. The highest BCUT2D eigenvalue weighted by Gasteiger charge is 2.40. The van der Waals surface area contributed by atoms with Gasteiger partial charge in [0.2, 0.25) is 17.7 Å². The minimum absolute atomic E-state index is 0.158. The van der Waals surface area contributed by atoms with E-state index in [4.69, 9.17) is 11.5 Å². The fraction of sp³-hybridized carbons (Fsp3) is 0.818. The van der Waals surface area contributed by atoms with E-state index >= 15 is 0 Å². The lowest BCUT2D eigenvalue weighted by Gasteiger charge is -2.32. The summed E-state index contributed by atoms with van der Waals surface area (Å²) in [4.78, 5) is 51.8. The van der Waals surface area contributed by atoms with Gasteiger partial charge in [-0.15, -0.1) is 0 Å². The second kappa shape index (κ2) is 13.4. The molecule has 0 aromatic rings. The van der Waals surface area contributed by atoms with Gasteiger partial charge in [0.05, 0.1) is 6.04 Å². The lowest BCUT2D eigenvalue weighted by atomic mass is 9.96. The highest BCUT2D eigenvalue weighted by molar-refractivity contribution is 5.94. The molecule has 3 amide bonds. The monoisotopic (exact) mass is 455 g/mol. The predicted octanol–water partition coefficient (Wildman–Crippen LogP) is 0.190. The van der Waals surface area contributed by atoms with Crippen molar-refractivity contribution in [1.29, 1.82) is 0 Å². The third-order valence-electron chi connectivity index (χ3n) is 6.15. The highest BCUT2D eigenvalue weighted by Crippen LogP contribution is 2.22. The number of likely N-dealkylation sites (tertiary alicyclic amines) is 1. The number of unbranched alkanes of at least 4 members (excludes halogenated alkanes) is 1. The zero-order chi connectivity index (χ0) is 24.4. The van der Waals surface area contributed by atoms with Crippen molar-refractivity contribution in [3.63, 3.8) is 0 Å². The number of nitrogens with zero attached hydrogens (tertiary/aromatic N) is 1. The number of rotatable bonds is 13. The molecule has 1 fully saturated rings. The van der Waals surface area contributed by atoms with Crippen LogP contribution in [0, 0.1) is 11.8 Å². The lowest BCUT2D eigenvalue weighted by molar-refractivity contribution is -0.146. The Morgan fingerprint density at radius 2 is 1.75 bits per heavy atom. The van der Waals surface area contributed by atoms with Crippen LogP contribution in [0.1, 0.15) is 66.2 Å². The Bertz CT molecular complexity index is 657. The Morgan fingerprint density at radius 3 is 2.28 bits per heavy atom. The Labute approximate surface area is 190 Å². The molecule has 1 saturated heterocycles. The average molecular weight is 456 g/mol. The largest absolute Gasteiger partial charge is 0.480 e. The van der Waals surface area contributed by atoms with Crippen LogP contribution in [0.2, 0.25) is 0 Å². The van der Waals surface area contributed by atoms with Crippen LogP contribution in [0.15, 0.2) is 0 Å². The number of hydrogen-bond acceptors (Lipinski definition) is 6. The molecule has 0 aliphatic carbocycles. The molecule has 0 radical (unpaired) electrons. The van der Waals surface area contributed by atoms with Crippen molar-refractivity contribution < 1.29 is 24.3 Å². The van der Waals surface area contributed by atoms with E-state index in [1.807, 2.05) is 13.8 Å². The maximum absolute atomic E-state index is 13.4. The number of nitrogens with two attached hydrogens (primary N) is 2. The zero-order valence-electron chi connectivity index (χ0n) is 19.8. The van der Waals surface area contributed by atoms with Crippen LogP contribution in [-0.2, 0) is 19.2 Å². The summed E-state index contributed by atoms with van der Waals surface area (Å²) in [5.41, 5.74) is 11.5. The average Bonchev–Trinajstić information content (AvgIpc) is 3.24. The molecule has 0 saturated carbocycles. The van der Waals surface area contributed by atoms with Crippen LogP contribution in [0.4, 0.5) is 0 Å². The highest BCUT2D eigenvalue weighted by atomic mass is 16.4. The van der Waals surface area contributed by atoms with Gasteiger partial charge < -0.3 is 32.1 Å². The number of nitrogens with one attached hydrogen (secondary N) is 2. The van der Waals surface area contributed by atoms with Crippen LogP contribution in [0.25, 0.3) is 0 Å². The molecular weight excluding hydrogens is 414 g/mol. The van der Waals surface area contributed by atoms with Crippen LogP contribution >= 0.6 is 0 Å². The van der Waals surface area contributed by atoms with Gasteiger partial charge in [-0.25, -0.2) is 4.79 Å². The van der Waals surface area contributed by atoms with Gasteiger partial charge in [-0.2, -0.15) is 0 Å². The van der Waals surface area contributed by atoms with E-state index in [0.29, 0.717) is 38.8 Å². The number of amides is 3. The maximum Gasteiger partial charge on any atom is 0.326 e. The van der Waals surface area contributed by atoms with Gasteiger partial charge in [0.25, 0.3) is 0 Å². The Kier molecular flexibility index (Phi) is 11.6. The molecule has 32 heavy (non-hydrogen) atoms. The molecule has 1 aliphatic rings. The van der Waals surface area contributed by atoms with Crippen LogP contribution in [0.5, 0.6) is 0 Å². The fourth-order valence-electron chi connectivity index (χ4n) is 3.83. The van der Waals surface area contributed by atoms with Crippen molar-refractivity contribution >= 4 is 23.7 Å². The first-order chi connectivity index (χ1) is 15.0. The van der Waals surface area contributed by atoms with E-state index < -0.39 is 42.0 Å². The third-order valence-corrected chi connectivity index (χ3v) is 6.15. The van der Waals surface area contributed by atoms with Gasteiger partial charge in [-0.1, -0.05) is 40.5 Å². The van der Waals surface area contributed by atoms with E-state index in [-0.39, 0.29) is 17.7 Å². The molecule has 5 unspecified atom stereocenters. The summed E-state index contributed by atoms with van der Waals surface area (Å²) in [5, 5.41) is 14.7. The lowest BCUT2D eigenvalue weighted by Crippen LogP contribution is -2.58. The van der Waals surface area contributed by atoms with Crippen LogP contribution in [-0.4, -0.2) is 71.0 Å². The molecule has 184 valence electrons. The van der Waals surface area contributed by atoms with Gasteiger partial charge in [0, 0.05) is 6.54 Å². The number of carbonyl (C=O) groups is 4. The first-order valence-corrected chi connectivity index (χ1v) is 11.6. The molecular formula is C22H41N5O5. The third kappa shape index (κ3) is 7.74. The van der Waals surface area contributed by atoms with Crippen molar-refractivity contribution in [3.05, 3.63) is 0 Å². The molecule has 5 atom stereocenters. The van der Waals surface area contributed by atoms with Crippen molar-refractivity contribution in [2.75, 3.05) is 13.1 Å². The number of carboxylic acids is 1. The number of carbonyl (C=O) groups excluding carboxylic acids is 3. The predicted molar refractivity (Wildman–Crippen MR) is 121 cm³/mol. The molecule has 10 heteroatoms. The first kappa shape index (κ1) is 27.8. The minimum Gasteiger partial charge on any atom is -0.480 e. The van der Waals surface area contributed by atoms with Crippen LogP contribution < -0.4 is 22.1 Å². The molecule has 0 spiro atoms. The van der Waals surface area contributed by atoms with Crippen LogP contribution in [0.3, 0.4) is 0 Å². The van der Waals surface area contributed by atoms with Gasteiger partial charge in [0.15, 0.2) is 0 Å². The van der Waals surface area contributed by atoms with Crippen molar-refractivity contribution in [1.82, 2.24) is 15.5 Å². The summed E-state index contributed by atoms with van der Waals surface area (Å²) in [6, 6.07) is -3.33. The number of carboxylic acid groups (broad SMARTS) is 1. The summed E-state index contributed by atoms with van der Waals surface area (Å²) >= 11 is 0. The standard InChI is InChI=1S/C22H41N5O5/c1-5-14(4)18(26-19(28)15(24)9-6-7-11-23)21(30)27-12-8-10-16(27)20(29)25-17(13(2)3)22(31)32/h13-18H,5-12,23-24H2,1-4H3,(H,25,29)(H,26,28)(H,31,32). The molecule has 0 bridgehead atoms. The molecule has 1 rings (SSSR count). The van der Waals surface area contributed by atoms with Gasteiger partial charge in [0.1, 0.15) is 18.1 Å². The molecule has 1 aliphatic heterocycles. The second-order valence-corrected chi connectivity index (χ2v) is 9.02. The van der Waals surface area contributed by atoms with Gasteiger partial charge in [-0.05, 0) is 44.1 Å². The minimum atomic E-state index is -1.11. The quantitative estimate of drug-likeness (QED) is 0.247. The fourth-order valence-corrected chi connectivity index (χ4v) is 3.83. The van der Waals surface area contributed by atoms with Crippen molar-refractivity contribution in [2.45, 2.75) is 90.4 Å². The number of hydrogen-bond donors (Lipinski definition) is 5. The Balaban J connectivity index is 2.93. The van der Waals surface area contributed by atoms with E-state index in [0.717, 1.165) is 12.8 Å². The van der Waals surface area contributed by atoms with E-state index in [9.17, 15) is 24.3 Å². The first-order valence-electron chi connectivity index (χ1n) is 11.6. The topological polar surface area (TPSA) is 168 Å². The zero-order valence-corrected chi connectivity index (χ0v) is 19.8. The molecule has 10 nitrogen and oxygen atoms in total. The molecule has 1 heterocycles. The maximum atomic E-state index is 13.4. The molecule has 0 aromatic heterocycles. The van der Waals surface area contributed by atoms with E-state index in [1.165, 1.54) is 4.90 Å². The molecule has 7 N–H and O–H groups in total. The summed E-state index contributed by atoms with van der Waals surface area (Å²) in [7, 11) is 0. The van der Waals surface area contributed by atoms with Gasteiger partial charge >= 0.3 is 5.97 Å². The van der Waals surface area contributed by atoms with Crippen molar-refractivity contribution in [2.24, 2.45) is 23.3 Å². The van der Waals surface area contributed by atoms with Gasteiger partial charge in [-0.3, -0.25) is 14.4 Å². The summed E-state index contributed by atoms with van der Waals surface area (Å²) in [6.45, 7) is 8.12. The second-order valence-electron chi connectivity index (χ2n) is 9.02.